The zero-order chi connectivity index (χ0) is 26.9. The zero-order valence-corrected chi connectivity index (χ0v) is 21.7. The Morgan fingerprint density at radius 3 is 2.55 bits per heavy atom. The van der Waals surface area contributed by atoms with E-state index in [1.54, 1.807) is 30.3 Å². The number of fused-ring (bicyclic) bond motifs is 2. The Hall–Kier alpha value is -3.48. The highest BCUT2D eigenvalue weighted by atomic mass is 35.5. The van der Waals surface area contributed by atoms with Gasteiger partial charge in [-0.15, -0.1) is 4.99 Å². The SMILES string of the molecule is N#C/N=C(/Nc1ccc(Cl)cc1)N1CCCC(N2c3ccc(Cl)cc3CCc3ncc(C(F)(F)F)cc32)C1. The fourth-order valence-electron chi connectivity index (χ4n) is 5.05. The predicted molar refractivity (Wildman–Crippen MR) is 143 cm³/mol. The fraction of sp³-hybridized carbons (Fsp3) is 0.296. The molecule has 0 saturated carbocycles. The second kappa shape index (κ2) is 10.7. The van der Waals surface area contributed by atoms with Crippen molar-refractivity contribution in [3.8, 4) is 6.19 Å². The summed E-state index contributed by atoms with van der Waals surface area (Å²) in [7, 11) is 0. The van der Waals surface area contributed by atoms with Crippen LogP contribution in [0.4, 0.5) is 30.2 Å². The van der Waals surface area contributed by atoms with E-state index in [1.165, 1.54) is 6.07 Å². The van der Waals surface area contributed by atoms with E-state index < -0.39 is 11.7 Å². The molecule has 6 nitrogen and oxygen atoms in total. The molecule has 2 aromatic carbocycles. The number of aliphatic imine (C=N–C) groups is 1. The van der Waals surface area contributed by atoms with Crippen LogP contribution in [0.5, 0.6) is 0 Å². The molecular formula is C27H23Cl2F3N6. The first-order valence-corrected chi connectivity index (χ1v) is 12.9. The number of benzene rings is 2. The number of hydrogen-bond donors (Lipinski definition) is 1. The van der Waals surface area contributed by atoms with Crippen molar-refractivity contribution < 1.29 is 13.2 Å². The van der Waals surface area contributed by atoms with Gasteiger partial charge in [-0.05, 0) is 79.8 Å². The molecule has 1 aromatic heterocycles. The molecular weight excluding hydrogens is 536 g/mol. The van der Waals surface area contributed by atoms with Crippen LogP contribution in [0.3, 0.4) is 0 Å². The molecule has 2 aliphatic heterocycles. The second-order valence-electron chi connectivity index (χ2n) is 9.24. The monoisotopic (exact) mass is 558 g/mol. The van der Waals surface area contributed by atoms with Crippen LogP contribution < -0.4 is 10.2 Å². The third-order valence-corrected chi connectivity index (χ3v) is 7.27. The van der Waals surface area contributed by atoms with Crippen LogP contribution >= 0.6 is 23.2 Å². The molecule has 0 aliphatic carbocycles. The topological polar surface area (TPSA) is 67.6 Å². The molecule has 1 atom stereocenters. The lowest BCUT2D eigenvalue weighted by molar-refractivity contribution is -0.137. The number of likely N-dealkylation sites (tertiary alicyclic amines) is 1. The first-order chi connectivity index (χ1) is 18.2. The Labute approximate surface area is 228 Å². The molecule has 1 unspecified atom stereocenters. The van der Waals surface area contributed by atoms with Crippen molar-refractivity contribution in [3.05, 3.63) is 81.6 Å². The Morgan fingerprint density at radius 2 is 1.82 bits per heavy atom. The summed E-state index contributed by atoms with van der Waals surface area (Å²) in [4.78, 5) is 12.2. The van der Waals surface area contributed by atoms with Gasteiger partial charge in [0.15, 0.2) is 0 Å². The van der Waals surface area contributed by atoms with Crippen LogP contribution in [0.1, 0.15) is 29.7 Å². The maximum absolute atomic E-state index is 13.7. The number of nitrogens with zero attached hydrogens (tertiary/aromatic N) is 5. The quantitative estimate of drug-likeness (QED) is 0.207. The zero-order valence-electron chi connectivity index (χ0n) is 20.1. The van der Waals surface area contributed by atoms with Gasteiger partial charge in [0.2, 0.25) is 12.2 Å². The van der Waals surface area contributed by atoms with Gasteiger partial charge in [0.05, 0.1) is 23.0 Å². The molecule has 3 heterocycles. The number of halogens is 5. The summed E-state index contributed by atoms with van der Waals surface area (Å²) >= 11 is 12.3. The van der Waals surface area contributed by atoms with Crippen LogP contribution in [0.15, 0.2) is 59.7 Å². The van der Waals surface area contributed by atoms with Crippen molar-refractivity contribution in [2.24, 2.45) is 4.99 Å². The number of guanidine groups is 1. The molecule has 1 saturated heterocycles. The fourth-order valence-corrected chi connectivity index (χ4v) is 5.37. The van der Waals surface area contributed by atoms with E-state index in [4.69, 9.17) is 23.2 Å². The number of nitrogens with one attached hydrogen (secondary N) is 1. The third-order valence-electron chi connectivity index (χ3n) is 6.78. The number of rotatable bonds is 2. The summed E-state index contributed by atoms with van der Waals surface area (Å²) in [5.41, 5.74) is 2.73. The summed E-state index contributed by atoms with van der Waals surface area (Å²) in [6.45, 7) is 1.06. The molecule has 38 heavy (non-hydrogen) atoms. The average Bonchev–Trinajstić information content (AvgIpc) is 3.05. The number of alkyl halides is 3. The summed E-state index contributed by atoms with van der Waals surface area (Å²) in [6.07, 6.45) is 0.821. The third kappa shape index (κ3) is 5.52. The normalized spacial score (nSPS) is 17.8. The van der Waals surface area contributed by atoms with Crippen LogP contribution in [-0.4, -0.2) is 35.0 Å². The average molecular weight is 559 g/mol. The molecule has 0 radical (unpaired) electrons. The van der Waals surface area contributed by atoms with Crippen molar-refractivity contribution in [3.63, 3.8) is 0 Å². The van der Waals surface area contributed by atoms with Gasteiger partial charge in [0, 0.05) is 40.7 Å². The first-order valence-electron chi connectivity index (χ1n) is 12.1. The minimum absolute atomic E-state index is 0.207. The number of hydrogen-bond acceptors (Lipinski definition) is 4. The summed E-state index contributed by atoms with van der Waals surface area (Å²) < 4.78 is 41.1. The lowest BCUT2D eigenvalue weighted by Gasteiger charge is -2.42. The van der Waals surface area contributed by atoms with E-state index in [1.807, 2.05) is 28.1 Å². The second-order valence-corrected chi connectivity index (χ2v) is 10.1. The Balaban J connectivity index is 1.53. The summed E-state index contributed by atoms with van der Waals surface area (Å²) in [6, 6.07) is 13.5. The maximum atomic E-state index is 13.7. The Kier molecular flexibility index (Phi) is 7.37. The van der Waals surface area contributed by atoms with Gasteiger partial charge in [0.25, 0.3) is 0 Å². The smallest absolute Gasteiger partial charge is 0.340 e. The maximum Gasteiger partial charge on any atom is 0.417 e. The number of piperidine rings is 1. The lowest BCUT2D eigenvalue weighted by Crippen LogP contribution is -2.50. The van der Waals surface area contributed by atoms with E-state index in [2.05, 4.69) is 15.3 Å². The molecule has 0 bridgehead atoms. The van der Waals surface area contributed by atoms with E-state index in [0.717, 1.165) is 30.3 Å². The van der Waals surface area contributed by atoms with Gasteiger partial charge in [-0.1, -0.05) is 23.2 Å². The minimum Gasteiger partial charge on any atom is -0.340 e. The first kappa shape index (κ1) is 26.1. The highest BCUT2D eigenvalue weighted by molar-refractivity contribution is 6.31. The summed E-state index contributed by atoms with van der Waals surface area (Å²) in [5, 5.41) is 13.7. The van der Waals surface area contributed by atoms with Crippen LogP contribution in [0, 0.1) is 11.5 Å². The van der Waals surface area contributed by atoms with E-state index in [-0.39, 0.29) is 6.04 Å². The van der Waals surface area contributed by atoms with Crippen molar-refractivity contribution in [2.45, 2.75) is 37.9 Å². The van der Waals surface area contributed by atoms with Crippen LogP contribution in [0.25, 0.3) is 0 Å². The van der Waals surface area contributed by atoms with Gasteiger partial charge >= 0.3 is 6.18 Å². The van der Waals surface area contributed by atoms with Gasteiger partial charge in [-0.2, -0.15) is 18.4 Å². The van der Waals surface area contributed by atoms with Crippen molar-refractivity contribution in [2.75, 3.05) is 23.3 Å². The molecule has 1 fully saturated rings. The molecule has 2 aliphatic rings. The van der Waals surface area contributed by atoms with Gasteiger partial charge in [-0.3, -0.25) is 4.98 Å². The number of nitriles is 1. The molecule has 1 N–H and O–H groups in total. The van der Waals surface area contributed by atoms with Gasteiger partial charge in [-0.25, -0.2) is 0 Å². The number of pyridine rings is 1. The van der Waals surface area contributed by atoms with Gasteiger partial charge in [0.1, 0.15) is 0 Å². The standard InChI is InChI=1S/C27H23Cl2F3N6/c28-19-4-7-21(8-5-19)36-26(35-16-33)37-11-1-2-22(15-37)38-24-10-6-20(29)12-17(24)3-9-23-25(38)13-18(14-34-23)27(30,31)32/h4-8,10,12-14,22H,1-3,9,11,15H2,(H,35,36). The number of aromatic nitrogens is 1. The van der Waals surface area contributed by atoms with Crippen LogP contribution in [-0.2, 0) is 19.0 Å². The van der Waals surface area contributed by atoms with Crippen molar-refractivity contribution >= 4 is 46.2 Å². The van der Waals surface area contributed by atoms with Crippen molar-refractivity contribution in [1.82, 2.24) is 9.88 Å². The van der Waals surface area contributed by atoms with Gasteiger partial charge < -0.3 is 15.1 Å². The molecule has 196 valence electrons. The highest BCUT2D eigenvalue weighted by Gasteiger charge is 2.36. The van der Waals surface area contributed by atoms with E-state index in [9.17, 15) is 18.4 Å². The molecule has 5 rings (SSSR count). The number of aryl methyl sites for hydroxylation is 2. The largest absolute Gasteiger partial charge is 0.417 e. The Morgan fingerprint density at radius 1 is 1.05 bits per heavy atom. The number of anilines is 3. The lowest BCUT2D eigenvalue weighted by atomic mass is 10.0. The predicted octanol–water partition coefficient (Wildman–Crippen LogP) is 7.06. The molecule has 0 spiro atoms. The van der Waals surface area contributed by atoms with Crippen LogP contribution in [0.2, 0.25) is 10.0 Å². The molecule has 11 heteroatoms. The van der Waals surface area contributed by atoms with E-state index >= 15 is 0 Å². The summed E-state index contributed by atoms with van der Waals surface area (Å²) in [5.74, 6) is 0.369. The molecule has 3 aromatic rings. The molecule has 0 amide bonds. The minimum atomic E-state index is -4.52. The van der Waals surface area contributed by atoms with Crippen molar-refractivity contribution in [1.29, 1.82) is 5.26 Å². The van der Waals surface area contributed by atoms with E-state index in [0.29, 0.717) is 59.0 Å². The Bertz CT molecular complexity index is 1400. The highest BCUT2D eigenvalue weighted by Crippen LogP contribution is 2.42.